The van der Waals surface area contributed by atoms with Crippen LogP contribution in [-0.2, 0) is 22.5 Å². The lowest BCUT2D eigenvalue weighted by Gasteiger charge is -2.12. The average Bonchev–Trinajstić information content (AvgIpc) is 3.06. The van der Waals surface area contributed by atoms with E-state index in [1.165, 1.54) is 13.2 Å². The Morgan fingerprint density at radius 2 is 1.74 bits per heavy atom. The molecule has 0 aliphatic heterocycles. The first kappa shape index (κ1) is 20.8. The van der Waals surface area contributed by atoms with Gasteiger partial charge in [-0.1, -0.05) is 35.9 Å². The third kappa shape index (κ3) is 4.22. The number of benzene rings is 3. The third-order valence-electron chi connectivity index (χ3n) is 4.93. The van der Waals surface area contributed by atoms with E-state index in [-0.39, 0.29) is 30.2 Å². The molecule has 4 rings (SSSR count). The van der Waals surface area contributed by atoms with E-state index >= 15 is 0 Å². The van der Waals surface area contributed by atoms with Gasteiger partial charge in [0.05, 0.1) is 30.1 Å². The molecule has 0 aliphatic rings. The second-order valence-electron chi connectivity index (χ2n) is 7.01. The van der Waals surface area contributed by atoms with Crippen LogP contribution in [0.3, 0.4) is 0 Å². The maximum absolute atomic E-state index is 14.0. The molecule has 1 aromatic heterocycles. The number of esters is 1. The molecule has 158 valence electrons. The zero-order valence-electron chi connectivity index (χ0n) is 16.4. The quantitative estimate of drug-likeness (QED) is 0.436. The monoisotopic (exact) mass is 442 g/mol. The van der Waals surface area contributed by atoms with Crippen molar-refractivity contribution in [1.82, 2.24) is 9.55 Å². The highest BCUT2D eigenvalue weighted by atomic mass is 35.5. The molecule has 5 nitrogen and oxygen atoms in total. The van der Waals surface area contributed by atoms with Crippen LogP contribution in [0.2, 0.25) is 5.02 Å². The molecule has 3 aromatic carbocycles. The molecule has 1 N–H and O–H groups in total. The fourth-order valence-electron chi connectivity index (χ4n) is 3.36. The van der Waals surface area contributed by atoms with Gasteiger partial charge in [-0.05, 0) is 29.3 Å². The van der Waals surface area contributed by atoms with Crippen LogP contribution in [0.5, 0.6) is 5.75 Å². The molecule has 31 heavy (non-hydrogen) atoms. The zero-order valence-corrected chi connectivity index (χ0v) is 17.2. The molecule has 0 amide bonds. The molecule has 0 aliphatic carbocycles. The van der Waals surface area contributed by atoms with E-state index in [0.717, 1.165) is 23.3 Å². The minimum absolute atomic E-state index is 0.0987. The number of methoxy groups -OCH3 is 1. The predicted molar refractivity (Wildman–Crippen MR) is 113 cm³/mol. The molecule has 0 saturated heterocycles. The van der Waals surface area contributed by atoms with Gasteiger partial charge >= 0.3 is 5.97 Å². The fraction of sp³-hybridized carbons (Fsp3) is 0.130. The van der Waals surface area contributed by atoms with E-state index in [1.54, 1.807) is 28.8 Å². The van der Waals surface area contributed by atoms with E-state index in [0.29, 0.717) is 21.9 Å². The molecule has 0 spiro atoms. The van der Waals surface area contributed by atoms with Crippen LogP contribution < -0.4 is 0 Å². The van der Waals surface area contributed by atoms with Crippen molar-refractivity contribution in [1.29, 1.82) is 0 Å². The van der Waals surface area contributed by atoms with Gasteiger partial charge in [-0.25, -0.2) is 13.8 Å². The summed E-state index contributed by atoms with van der Waals surface area (Å²) in [4.78, 5) is 15.9. The average molecular weight is 443 g/mol. The summed E-state index contributed by atoms with van der Waals surface area (Å²) in [7, 11) is 1.33. The van der Waals surface area contributed by atoms with Crippen molar-refractivity contribution in [3.8, 4) is 17.1 Å². The molecular formula is C23H17ClF2N2O3. The molecule has 0 radical (unpaired) electrons. The Labute approximate surface area is 181 Å². The number of halogens is 3. The lowest BCUT2D eigenvalue weighted by molar-refractivity contribution is -0.139. The molecule has 0 atom stereocenters. The van der Waals surface area contributed by atoms with Crippen molar-refractivity contribution < 1.29 is 23.4 Å². The number of carbonyl (C=O) groups is 1. The van der Waals surface area contributed by atoms with Gasteiger partial charge in [0.15, 0.2) is 11.6 Å². The number of imidazole rings is 1. The van der Waals surface area contributed by atoms with Gasteiger partial charge in [-0.3, -0.25) is 4.79 Å². The topological polar surface area (TPSA) is 64.3 Å². The van der Waals surface area contributed by atoms with Crippen molar-refractivity contribution >= 4 is 28.6 Å². The molecule has 8 heteroatoms. The fourth-order valence-corrected chi connectivity index (χ4v) is 3.53. The predicted octanol–water partition coefficient (Wildman–Crippen LogP) is 5.10. The lowest BCUT2D eigenvalue weighted by Crippen LogP contribution is -2.05. The first-order valence-corrected chi connectivity index (χ1v) is 9.72. The summed E-state index contributed by atoms with van der Waals surface area (Å²) in [5.74, 6) is -2.09. The van der Waals surface area contributed by atoms with Crippen molar-refractivity contribution in [3.05, 3.63) is 82.4 Å². The minimum atomic E-state index is -1.00. The summed E-state index contributed by atoms with van der Waals surface area (Å²) < 4.78 is 34.2. The van der Waals surface area contributed by atoms with Crippen molar-refractivity contribution in [2.75, 3.05) is 7.11 Å². The second kappa shape index (κ2) is 8.35. The van der Waals surface area contributed by atoms with Crippen LogP contribution in [0.15, 0.2) is 54.6 Å². The number of aromatic hydroxyl groups is 1. The highest BCUT2D eigenvalue weighted by Crippen LogP contribution is 2.34. The van der Waals surface area contributed by atoms with Gasteiger partial charge in [0, 0.05) is 23.7 Å². The summed E-state index contributed by atoms with van der Waals surface area (Å²) in [6, 6.07) is 13.9. The Morgan fingerprint density at radius 3 is 2.42 bits per heavy atom. The maximum Gasteiger partial charge on any atom is 0.309 e. The number of ether oxygens (including phenoxy) is 1. The standard InChI is InChI=1S/C23H17ClF2N2O3/c1-31-22(30)8-13-2-4-14(5-3-13)12-28-20-11-18(26)17(25)10-19(20)27-23(28)16-7-6-15(24)9-21(16)29/h2-7,9-11,29H,8,12H2,1H3. The van der Waals surface area contributed by atoms with Gasteiger partial charge in [0.2, 0.25) is 0 Å². The van der Waals surface area contributed by atoms with Gasteiger partial charge in [-0.15, -0.1) is 0 Å². The van der Waals surface area contributed by atoms with Crippen molar-refractivity contribution in [3.63, 3.8) is 0 Å². The first-order chi connectivity index (χ1) is 14.9. The Kier molecular flexibility index (Phi) is 5.61. The highest BCUT2D eigenvalue weighted by molar-refractivity contribution is 6.30. The van der Waals surface area contributed by atoms with Gasteiger partial charge < -0.3 is 14.4 Å². The number of nitrogens with zero attached hydrogens (tertiary/aromatic N) is 2. The summed E-state index contributed by atoms with van der Waals surface area (Å²) >= 11 is 5.94. The molecule has 4 aromatic rings. The second-order valence-corrected chi connectivity index (χ2v) is 7.44. The van der Waals surface area contributed by atoms with Gasteiger partial charge in [0.1, 0.15) is 11.6 Å². The maximum atomic E-state index is 14.0. The van der Waals surface area contributed by atoms with E-state index < -0.39 is 11.6 Å². The zero-order chi connectivity index (χ0) is 22.1. The Morgan fingerprint density at radius 1 is 1.06 bits per heavy atom. The number of rotatable bonds is 5. The van der Waals surface area contributed by atoms with E-state index in [1.807, 2.05) is 12.1 Å². The Bertz CT molecular complexity index is 1290. The van der Waals surface area contributed by atoms with Gasteiger partial charge in [0.25, 0.3) is 0 Å². The van der Waals surface area contributed by atoms with E-state index in [4.69, 9.17) is 11.6 Å². The van der Waals surface area contributed by atoms with Crippen molar-refractivity contribution in [2.24, 2.45) is 0 Å². The number of phenolic OH excluding ortho intramolecular Hbond substituents is 1. The smallest absolute Gasteiger partial charge is 0.309 e. The van der Waals surface area contributed by atoms with Gasteiger partial charge in [-0.2, -0.15) is 0 Å². The largest absolute Gasteiger partial charge is 0.507 e. The highest BCUT2D eigenvalue weighted by Gasteiger charge is 2.18. The summed E-state index contributed by atoms with van der Waals surface area (Å²) in [6.07, 6.45) is 0.152. The van der Waals surface area contributed by atoms with Crippen molar-refractivity contribution in [2.45, 2.75) is 13.0 Å². The number of fused-ring (bicyclic) bond motifs is 1. The number of hydrogen-bond donors (Lipinski definition) is 1. The summed E-state index contributed by atoms with van der Waals surface area (Å²) in [6.45, 7) is 0.275. The number of phenols is 1. The lowest BCUT2D eigenvalue weighted by atomic mass is 10.1. The molecule has 0 bridgehead atoms. The summed E-state index contributed by atoms with van der Waals surface area (Å²) in [5.41, 5.74) is 2.64. The number of aromatic nitrogens is 2. The molecule has 0 fully saturated rings. The molecule has 1 heterocycles. The van der Waals surface area contributed by atoms with Crippen LogP contribution in [0, 0.1) is 11.6 Å². The van der Waals surface area contributed by atoms with Crippen LogP contribution >= 0.6 is 11.6 Å². The van der Waals surface area contributed by atoms with E-state index in [9.17, 15) is 18.7 Å². The molecular weight excluding hydrogens is 426 g/mol. The Hall–Kier alpha value is -3.45. The van der Waals surface area contributed by atoms with Crippen LogP contribution in [0.4, 0.5) is 8.78 Å². The molecule has 0 saturated carbocycles. The first-order valence-electron chi connectivity index (χ1n) is 9.34. The minimum Gasteiger partial charge on any atom is -0.507 e. The van der Waals surface area contributed by atoms with Crippen LogP contribution in [0.25, 0.3) is 22.4 Å². The number of hydrogen-bond acceptors (Lipinski definition) is 4. The number of carbonyl (C=O) groups excluding carboxylic acids is 1. The van der Waals surface area contributed by atoms with E-state index in [2.05, 4.69) is 9.72 Å². The normalized spacial score (nSPS) is 11.1. The summed E-state index contributed by atoms with van der Waals surface area (Å²) in [5, 5.41) is 10.7. The van der Waals surface area contributed by atoms with Crippen LogP contribution in [-0.4, -0.2) is 27.7 Å². The SMILES string of the molecule is COC(=O)Cc1ccc(Cn2c(-c3ccc(Cl)cc3O)nc3cc(F)c(F)cc32)cc1. The Balaban J connectivity index is 1.80. The third-order valence-corrected chi connectivity index (χ3v) is 5.17. The molecule has 0 unspecified atom stereocenters. The van der Waals surface area contributed by atoms with Crippen LogP contribution in [0.1, 0.15) is 11.1 Å².